The van der Waals surface area contributed by atoms with Gasteiger partial charge in [-0.2, -0.15) is 5.10 Å². The fraction of sp³-hybridized carbons (Fsp3) is 0.263. The molecule has 3 rings (SSSR count). The third kappa shape index (κ3) is 4.62. The average Bonchev–Trinajstić information content (AvgIpc) is 3.06. The van der Waals surface area contributed by atoms with E-state index in [1.165, 1.54) is 0 Å². The van der Waals surface area contributed by atoms with Crippen LogP contribution in [0, 0.1) is 0 Å². The Labute approximate surface area is 163 Å². The molecule has 0 unspecified atom stereocenters. The van der Waals surface area contributed by atoms with Gasteiger partial charge in [0.1, 0.15) is 0 Å². The Bertz CT molecular complexity index is 862. The molecule has 0 amide bonds. The topological polar surface area (TPSA) is 46.0 Å². The number of nitrogens with one attached hydrogen (secondary N) is 1. The van der Waals surface area contributed by atoms with E-state index in [1.807, 2.05) is 35.1 Å². The summed E-state index contributed by atoms with van der Waals surface area (Å²) >= 11 is 12.3. The molecule has 0 aliphatic rings. The van der Waals surface area contributed by atoms with E-state index in [4.69, 9.17) is 28.3 Å². The first-order valence-corrected chi connectivity index (χ1v) is 9.10. The predicted molar refractivity (Wildman–Crippen MR) is 107 cm³/mol. The van der Waals surface area contributed by atoms with Crippen LogP contribution in [0.5, 0.6) is 0 Å². The smallest absolute Gasteiger partial charge is 0.0946 e. The number of hydrogen-bond acceptors (Lipinski definition) is 4. The molecule has 5 nitrogen and oxygen atoms in total. The molecular formula is C19H21Cl2N5. The Morgan fingerprint density at radius 1 is 1.12 bits per heavy atom. The van der Waals surface area contributed by atoms with Gasteiger partial charge in [0, 0.05) is 37.6 Å². The summed E-state index contributed by atoms with van der Waals surface area (Å²) in [6.45, 7) is 2.56. The van der Waals surface area contributed by atoms with E-state index in [9.17, 15) is 0 Å². The summed E-state index contributed by atoms with van der Waals surface area (Å²) in [5.74, 6) is 0. The van der Waals surface area contributed by atoms with E-state index in [0.29, 0.717) is 16.6 Å². The second-order valence-corrected chi connectivity index (χ2v) is 7.07. The standard InChI is InChI=1S/C19H21Cl2N5/c1-25(2)9-8-23-13-16-11-19(14-4-3-7-22-12-14)24-26(16)15-5-6-17(20)18(21)10-15/h3-7,10-12,23H,8-9,13H2,1-2H3. The summed E-state index contributed by atoms with van der Waals surface area (Å²) in [5.41, 5.74) is 3.76. The first-order valence-electron chi connectivity index (χ1n) is 8.35. The molecule has 0 atom stereocenters. The van der Waals surface area contributed by atoms with E-state index in [0.717, 1.165) is 35.7 Å². The van der Waals surface area contributed by atoms with Crippen molar-refractivity contribution in [1.82, 2.24) is 25.0 Å². The minimum atomic E-state index is 0.508. The van der Waals surface area contributed by atoms with Gasteiger partial charge in [-0.1, -0.05) is 23.2 Å². The third-order valence-electron chi connectivity index (χ3n) is 3.93. The van der Waals surface area contributed by atoms with Gasteiger partial charge in [-0.3, -0.25) is 4.98 Å². The van der Waals surface area contributed by atoms with E-state index in [2.05, 4.69) is 35.4 Å². The van der Waals surface area contributed by atoms with Crippen LogP contribution in [0.25, 0.3) is 16.9 Å². The van der Waals surface area contributed by atoms with Crippen LogP contribution in [0.15, 0.2) is 48.8 Å². The van der Waals surface area contributed by atoms with Crippen molar-refractivity contribution in [3.63, 3.8) is 0 Å². The Hall–Kier alpha value is -1.92. The molecule has 0 radical (unpaired) electrons. The van der Waals surface area contributed by atoms with Crippen molar-refractivity contribution < 1.29 is 0 Å². The van der Waals surface area contributed by atoms with Crippen molar-refractivity contribution >= 4 is 23.2 Å². The summed E-state index contributed by atoms with van der Waals surface area (Å²) in [7, 11) is 4.12. The highest BCUT2D eigenvalue weighted by atomic mass is 35.5. The van der Waals surface area contributed by atoms with Crippen molar-refractivity contribution in [2.45, 2.75) is 6.54 Å². The molecule has 136 valence electrons. The van der Waals surface area contributed by atoms with Crippen molar-refractivity contribution in [3.05, 3.63) is 64.5 Å². The van der Waals surface area contributed by atoms with E-state index < -0.39 is 0 Å². The van der Waals surface area contributed by atoms with Crippen LogP contribution in [0.1, 0.15) is 5.69 Å². The number of hydrogen-bond donors (Lipinski definition) is 1. The molecule has 3 aromatic rings. The molecule has 0 aliphatic carbocycles. The molecule has 1 N–H and O–H groups in total. The number of rotatable bonds is 7. The van der Waals surface area contributed by atoms with Crippen molar-refractivity contribution in [2.24, 2.45) is 0 Å². The second kappa shape index (κ2) is 8.64. The summed E-state index contributed by atoms with van der Waals surface area (Å²) in [6.07, 6.45) is 3.56. The normalized spacial score (nSPS) is 11.3. The minimum Gasteiger partial charge on any atom is -0.310 e. The molecule has 2 heterocycles. The first kappa shape index (κ1) is 18.9. The van der Waals surface area contributed by atoms with Gasteiger partial charge in [-0.25, -0.2) is 4.68 Å². The van der Waals surface area contributed by atoms with Crippen LogP contribution in [-0.4, -0.2) is 46.8 Å². The number of benzene rings is 1. The van der Waals surface area contributed by atoms with E-state index >= 15 is 0 Å². The van der Waals surface area contributed by atoms with E-state index in [-0.39, 0.29) is 0 Å². The lowest BCUT2D eigenvalue weighted by Gasteiger charge is -2.12. The molecule has 2 aromatic heterocycles. The molecule has 0 spiro atoms. The molecule has 0 saturated carbocycles. The maximum Gasteiger partial charge on any atom is 0.0946 e. The van der Waals surface area contributed by atoms with Crippen LogP contribution >= 0.6 is 23.2 Å². The molecule has 0 fully saturated rings. The van der Waals surface area contributed by atoms with Gasteiger partial charge in [0.15, 0.2) is 0 Å². The highest BCUT2D eigenvalue weighted by molar-refractivity contribution is 6.42. The second-order valence-electron chi connectivity index (χ2n) is 6.25. The highest BCUT2D eigenvalue weighted by Crippen LogP contribution is 2.26. The Balaban J connectivity index is 1.92. The van der Waals surface area contributed by atoms with Gasteiger partial charge in [-0.15, -0.1) is 0 Å². The number of nitrogens with zero attached hydrogens (tertiary/aromatic N) is 4. The van der Waals surface area contributed by atoms with Gasteiger partial charge in [-0.05, 0) is 50.5 Å². The molecular weight excluding hydrogens is 369 g/mol. The average molecular weight is 390 g/mol. The molecule has 1 aromatic carbocycles. The van der Waals surface area contributed by atoms with Gasteiger partial charge in [0.05, 0.1) is 27.1 Å². The zero-order chi connectivity index (χ0) is 18.5. The highest BCUT2D eigenvalue weighted by Gasteiger charge is 2.12. The number of pyridine rings is 1. The lowest BCUT2D eigenvalue weighted by Crippen LogP contribution is -2.26. The van der Waals surface area contributed by atoms with Crippen molar-refractivity contribution in [1.29, 1.82) is 0 Å². The fourth-order valence-electron chi connectivity index (χ4n) is 2.56. The predicted octanol–water partition coefficient (Wildman–Crippen LogP) is 3.89. The van der Waals surface area contributed by atoms with Crippen LogP contribution in [-0.2, 0) is 6.54 Å². The van der Waals surface area contributed by atoms with Gasteiger partial charge < -0.3 is 10.2 Å². The Morgan fingerprint density at radius 3 is 2.65 bits per heavy atom. The largest absolute Gasteiger partial charge is 0.310 e. The number of halogens is 2. The summed E-state index contributed by atoms with van der Waals surface area (Å²) in [5, 5.41) is 9.25. The van der Waals surface area contributed by atoms with Crippen LogP contribution in [0.2, 0.25) is 10.0 Å². The van der Waals surface area contributed by atoms with Gasteiger partial charge >= 0.3 is 0 Å². The SMILES string of the molecule is CN(C)CCNCc1cc(-c2cccnc2)nn1-c1ccc(Cl)c(Cl)c1. The van der Waals surface area contributed by atoms with Crippen LogP contribution in [0.3, 0.4) is 0 Å². The molecule has 0 saturated heterocycles. The Morgan fingerprint density at radius 2 is 1.96 bits per heavy atom. The maximum absolute atomic E-state index is 6.20. The summed E-state index contributed by atoms with van der Waals surface area (Å²) in [6, 6.07) is 11.5. The molecule has 0 aliphatic heterocycles. The van der Waals surface area contributed by atoms with Crippen LogP contribution < -0.4 is 5.32 Å². The van der Waals surface area contributed by atoms with E-state index in [1.54, 1.807) is 12.3 Å². The van der Waals surface area contributed by atoms with Crippen LogP contribution in [0.4, 0.5) is 0 Å². The zero-order valence-corrected chi connectivity index (χ0v) is 16.3. The zero-order valence-electron chi connectivity index (χ0n) is 14.8. The number of likely N-dealkylation sites (N-methyl/N-ethyl adjacent to an activating group) is 1. The quantitative estimate of drug-likeness (QED) is 0.622. The monoisotopic (exact) mass is 389 g/mol. The molecule has 26 heavy (non-hydrogen) atoms. The van der Waals surface area contributed by atoms with Gasteiger partial charge in [0.2, 0.25) is 0 Å². The van der Waals surface area contributed by atoms with Crippen molar-refractivity contribution in [2.75, 3.05) is 27.2 Å². The fourth-order valence-corrected chi connectivity index (χ4v) is 2.85. The molecule has 0 bridgehead atoms. The first-order chi connectivity index (χ1) is 12.5. The summed E-state index contributed by atoms with van der Waals surface area (Å²) < 4.78 is 1.90. The summed E-state index contributed by atoms with van der Waals surface area (Å²) in [4.78, 5) is 6.33. The van der Waals surface area contributed by atoms with Gasteiger partial charge in [0.25, 0.3) is 0 Å². The maximum atomic E-state index is 6.20. The third-order valence-corrected chi connectivity index (χ3v) is 4.67. The Kier molecular flexibility index (Phi) is 6.27. The minimum absolute atomic E-state index is 0.508. The number of aromatic nitrogens is 3. The lowest BCUT2D eigenvalue weighted by atomic mass is 10.2. The molecule has 7 heteroatoms. The van der Waals surface area contributed by atoms with Crippen molar-refractivity contribution in [3.8, 4) is 16.9 Å². The lowest BCUT2D eigenvalue weighted by molar-refractivity contribution is 0.399.